The third-order valence-corrected chi connectivity index (χ3v) is 6.64. The predicted molar refractivity (Wildman–Crippen MR) is 94.2 cm³/mol. The van der Waals surface area contributed by atoms with Crippen LogP contribution in [0.4, 0.5) is 0 Å². The zero-order chi connectivity index (χ0) is 18.2. The van der Waals surface area contributed by atoms with Crippen molar-refractivity contribution in [3.8, 4) is 11.5 Å². The molecule has 7 nitrogen and oxygen atoms in total. The molecule has 8 heteroatoms. The molecule has 25 heavy (non-hydrogen) atoms. The summed E-state index contributed by atoms with van der Waals surface area (Å²) in [4.78, 5) is 0. The quantitative estimate of drug-likeness (QED) is 0.802. The van der Waals surface area contributed by atoms with Crippen molar-refractivity contribution in [2.24, 2.45) is 0 Å². The van der Waals surface area contributed by atoms with Crippen molar-refractivity contribution in [3.05, 3.63) is 23.3 Å². The molecule has 0 aliphatic carbocycles. The van der Waals surface area contributed by atoms with E-state index in [1.807, 2.05) is 26.0 Å². The largest absolute Gasteiger partial charge is 0.493 e. The van der Waals surface area contributed by atoms with Crippen LogP contribution < -0.4 is 9.47 Å². The summed E-state index contributed by atoms with van der Waals surface area (Å²) in [6.07, 6.45) is 0.463. The zero-order valence-electron chi connectivity index (χ0n) is 15.2. The molecule has 1 fully saturated rings. The lowest BCUT2D eigenvalue weighted by atomic mass is 10.0. The van der Waals surface area contributed by atoms with Crippen LogP contribution in [0.25, 0.3) is 0 Å². The van der Waals surface area contributed by atoms with Gasteiger partial charge < -0.3 is 14.2 Å². The number of benzene rings is 1. The topological polar surface area (TPSA) is 68.3 Å². The van der Waals surface area contributed by atoms with Crippen LogP contribution in [0.2, 0.25) is 0 Å². The Bertz CT molecular complexity index is 727. The van der Waals surface area contributed by atoms with Crippen LogP contribution in [0.15, 0.2) is 12.1 Å². The minimum absolute atomic E-state index is 0.0973. The van der Waals surface area contributed by atoms with Gasteiger partial charge in [-0.05, 0) is 43.5 Å². The first-order valence-corrected chi connectivity index (χ1v) is 9.89. The zero-order valence-corrected chi connectivity index (χ0v) is 16.0. The first-order chi connectivity index (χ1) is 11.8. The Kier molecular flexibility index (Phi) is 5.24. The van der Waals surface area contributed by atoms with Crippen molar-refractivity contribution in [1.29, 1.82) is 0 Å². The second-order valence-corrected chi connectivity index (χ2v) is 8.57. The average Bonchev–Trinajstić information content (AvgIpc) is 2.59. The lowest BCUT2D eigenvalue weighted by molar-refractivity contribution is -0.0455. The molecular formula is C17H26N2O5S. The molecular weight excluding hydrogens is 344 g/mol. The second kappa shape index (κ2) is 7.11. The van der Waals surface area contributed by atoms with Crippen molar-refractivity contribution in [3.63, 3.8) is 0 Å². The van der Waals surface area contributed by atoms with E-state index in [-0.39, 0.29) is 12.2 Å². The summed E-state index contributed by atoms with van der Waals surface area (Å²) in [6, 6.07) is 3.82. The van der Waals surface area contributed by atoms with Crippen molar-refractivity contribution in [2.45, 2.75) is 39.0 Å². The second-order valence-electron chi connectivity index (χ2n) is 6.64. The van der Waals surface area contributed by atoms with Crippen LogP contribution in [-0.4, -0.2) is 63.1 Å². The van der Waals surface area contributed by atoms with Gasteiger partial charge in [0, 0.05) is 26.2 Å². The molecule has 2 aliphatic heterocycles. The summed E-state index contributed by atoms with van der Waals surface area (Å²) in [6.45, 7) is 5.40. The first kappa shape index (κ1) is 18.4. The molecule has 1 aromatic carbocycles. The van der Waals surface area contributed by atoms with Gasteiger partial charge >= 0.3 is 0 Å². The molecule has 0 radical (unpaired) electrons. The van der Waals surface area contributed by atoms with Crippen LogP contribution >= 0.6 is 0 Å². The number of nitrogens with zero attached hydrogens (tertiary/aromatic N) is 2. The van der Waals surface area contributed by atoms with Crippen molar-refractivity contribution in [2.75, 3.05) is 33.9 Å². The van der Waals surface area contributed by atoms with Crippen LogP contribution in [0.3, 0.4) is 0 Å². The number of methoxy groups -OCH3 is 2. The summed E-state index contributed by atoms with van der Waals surface area (Å²) >= 11 is 0. The summed E-state index contributed by atoms with van der Waals surface area (Å²) in [5.74, 6) is 1.29. The molecule has 0 bridgehead atoms. The Morgan fingerprint density at radius 3 is 2.12 bits per heavy atom. The maximum atomic E-state index is 13.1. The SMILES string of the molecule is COc1cc2c(cc1OC)CN(S(=O)(=O)N1C[C@@H](C)O[C@@H](C)C1)CC2. The van der Waals surface area contributed by atoms with E-state index in [0.717, 1.165) is 11.1 Å². The van der Waals surface area contributed by atoms with Crippen LogP contribution in [0.5, 0.6) is 11.5 Å². The number of hydrogen-bond acceptors (Lipinski definition) is 5. The highest BCUT2D eigenvalue weighted by molar-refractivity contribution is 7.86. The van der Waals surface area contributed by atoms with E-state index in [4.69, 9.17) is 14.2 Å². The first-order valence-electron chi connectivity index (χ1n) is 8.49. The van der Waals surface area contributed by atoms with E-state index in [0.29, 0.717) is 44.1 Å². The van der Waals surface area contributed by atoms with Gasteiger partial charge in [-0.3, -0.25) is 0 Å². The molecule has 0 amide bonds. The summed E-state index contributed by atoms with van der Waals surface area (Å²) in [5.41, 5.74) is 2.06. The fourth-order valence-corrected chi connectivity index (χ4v) is 5.28. The Morgan fingerprint density at radius 2 is 1.56 bits per heavy atom. The molecule has 3 rings (SSSR count). The van der Waals surface area contributed by atoms with Gasteiger partial charge in [0.2, 0.25) is 0 Å². The molecule has 0 saturated carbocycles. The minimum atomic E-state index is -3.51. The van der Waals surface area contributed by atoms with Crippen molar-refractivity contribution < 1.29 is 22.6 Å². The molecule has 2 heterocycles. The van der Waals surface area contributed by atoms with Gasteiger partial charge in [-0.1, -0.05) is 0 Å². The molecule has 0 aromatic heterocycles. The van der Waals surface area contributed by atoms with Crippen molar-refractivity contribution in [1.82, 2.24) is 8.61 Å². The Balaban J connectivity index is 1.84. The number of ether oxygens (including phenoxy) is 3. The van der Waals surface area contributed by atoms with E-state index < -0.39 is 10.2 Å². The highest BCUT2D eigenvalue weighted by Gasteiger charge is 2.36. The highest BCUT2D eigenvalue weighted by Crippen LogP contribution is 2.34. The van der Waals surface area contributed by atoms with Gasteiger partial charge in [0.25, 0.3) is 10.2 Å². The Morgan fingerprint density at radius 1 is 1.00 bits per heavy atom. The van der Waals surface area contributed by atoms with Gasteiger partial charge in [-0.2, -0.15) is 17.0 Å². The van der Waals surface area contributed by atoms with Crippen LogP contribution in [0.1, 0.15) is 25.0 Å². The van der Waals surface area contributed by atoms with Gasteiger partial charge in [0.15, 0.2) is 11.5 Å². The number of morpholine rings is 1. The fraction of sp³-hybridized carbons (Fsp3) is 0.647. The Hall–Kier alpha value is -1.35. The molecule has 1 aromatic rings. The van der Waals surface area contributed by atoms with E-state index in [2.05, 4.69) is 0 Å². The molecule has 1 saturated heterocycles. The van der Waals surface area contributed by atoms with Crippen molar-refractivity contribution >= 4 is 10.2 Å². The molecule has 2 aliphatic rings. The molecule has 140 valence electrons. The van der Waals surface area contributed by atoms with Gasteiger partial charge in [-0.15, -0.1) is 0 Å². The normalized spacial score (nSPS) is 25.4. The maximum Gasteiger partial charge on any atom is 0.282 e. The standard InChI is InChI=1S/C17H26N2O5S/c1-12-9-19(10-13(2)24-12)25(20,21)18-6-5-14-7-16(22-3)17(23-4)8-15(14)11-18/h7-8,12-13H,5-6,9-11H2,1-4H3/t12-,13+. The summed E-state index contributed by atoms with van der Waals surface area (Å²) in [7, 11) is -0.331. The molecule has 0 spiro atoms. The number of fused-ring (bicyclic) bond motifs is 1. The number of hydrogen-bond donors (Lipinski definition) is 0. The van der Waals surface area contributed by atoms with E-state index >= 15 is 0 Å². The molecule has 2 atom stereocenters. The predicted octanol–water partition coefficient (Wildman–Crippen LogP) is 1.42. The average molecular weight is 370 g/mol. The monoisotopic (exact) mass is 370 g/mol. The molecule has 0 N–H and O–H groups in total. The lowest BCUT2D eigenvalue weighted by Gasteiger charge is -2.38. The minimum Gasteiger partial charge on any atom is -0.493 e. The van der Waals surface area contributed by atoms with Gasteiger partial charge in [0.05, 0.1) is 26.4 Å². The van der Waals surface area contributed by atoms with Crippen LogP contribution in [-0.2, 0) is 27.9 Å². The molecule has 0 unspecified atom stereocenters. The van der Waals surface area contributed by atoms with E-state index in [1.54, 1.807) is 18.5 Å². The number of rotatable bonds is 4. The highest BCUT2D eigenvalue weighted by atomic mass is 32.2. The third kappa shape index (κ3) is 3.62. The third-order valence-electron chi connectivity index (χ3n) is 4.72. The summed E-state index contributed by atoms with van der Waals surface area (Å²) in [5, 5.41) is 0. The maximum absolute atomic E-state index is 13.1. The van der Waals surface area contributed by atoms with Crippen LogP contribution in [0, 0.1) is 0 Å². The van der Waals surface area contributed by atoms with Gasteiger partial charge in [-0.25, -0.2) is 0 Å². The lowest BCUT2D eigenvalue weighted by Crippen LogP contribution is -2.53. The smallest absolute Gasteiger partial charge is 0.282 e. The summed E-state index contributed by atoms with van der Waals surface area (Å²) < 4.78 is 45.5. The van der Waals surface area contributed by atoms with Gasteiger partial charge in [0.1, 0.15) is 0 Å². The Labute approximate surface area is 149 Å². The fourth-order valence-electron chi connectivity index (χ4n) is 3.54. The van der Waals surface area contributed by atoms with E-state index in [9.17, 15) is 8.42 Å². The van der Waals surface area contributed by atoms with E-state index in [1.165, 1.54) is 4.31 Å².